The van der Waals surface area contributed by atoms with Crippen molar-refractivity contribution in [1.82, 2.24) is 9.80 Å². The predicted octanol–water partition coefficient (Wildman–Crippen LogP) is 0.751. The summed E-state index contributed by atoms with van der Waals surface area (Å²) >= 11 is 0. The van der Waals surface area contributed by atoms with Gasteiger partial charge in [0.15, 0.2) is 0 Å². The summed E-state index contributed by atoms with van der Waals surface area (Å²) in [7, 11) is 4.32. The first-order valence-electron chi connectivity index (χ1n) is 5.83. The average Bonchev–Trinajstić information content (AvgIpc) is 2.16. The van der Waals surface area contributed by atoms with E-state index in [1.165, 1.54) is 38.9 Å². The van der Waals surface area contributed by atoms with E-state index in [0.717, 1.165) is 19.0 Å². The third-order valence-electron chi connectivity index (χ3n) is 2.97. The van der Waals surface area contributed by atoms with Gasteiger partial charge in [0.2, 0.25) is 0 Å². The van der Waals surface area contributed by atoms with Crippen molar-refractivity contribution in [1.29, 1.82) is 0 Å². The van der Waals surface area contributed by atoms with Gasteiger partial charge in [-0.25, -0.2) is 0 Å². The summed E-state index contributed by atoms with van der Waals surface area (Å²) in [5, 5.41) is 0. The second-order valence-electron chi connectivity index (χ2n) is 4.59. The SMILES string of the molecule is CN(C)CC1CCCCN1CCCN. The fraction of sp³-hybridized carbons (Fsp3) is 1.00. The number of likely N-dealkylation sites (tertiary alicyclic amines) is 1. The summed E-state index contributed by atoms with van der Waals surface area (Å²) in [5.74, 6) is 0. The van der Waals surface area contributed by atoms with Crippen LogP contribution in [0.25, 0.3) is 0 Å². The lowest BCUT2D eigenvalue weighted by molar-refractivity contribution is 0.121. The second-order valence-corrected chi connectivity index (χ2v) is 4.59. The van der Waals surface area contributed by atoms with Crippen LogP contribution in [-0.2, 0) is 0 Å². The molecule has 0 bridgehead atoms. The number of likely N-dealkylation sites (N-methyl/N-ethyl adjacent to an activating group) is 1. The molecule has 1 aliphatic rings. The molecular formula is C11H25N3. The normalized spacial score (nSPS) is 24.4. The topological polar surface area (TPSA) is 32.5 Å². The van der Waals surface area contributed by atoms with E-state index in [4.69, 9.17) is 5.73 Å². The molecule has 1 heterocycles. The van der Waals surface area contributed by atoms with Crippen molar-refractivity contribution in [3.63, 3.8) is 0 Å². The minimum atomic E-state index is 0.769. The van der Waals surface area contributed by atoms with E-state index in [-0.39, 0.29) is 0 Å². The molecule has 0 aromatic heterocycles. The standard InChI is InChI=1S/C11H25N3/c1-13(2)10-11-6-3-4-8-14(11)9-5-7-12/h11H,3-10,12H2,1-2H3. The largest absolute Gasteiger partial charge is 0.330 e. The Hall–Kier alpha value is -0.120. The molecule has 3 heteroatoms. The molecule has 1 saturated heterocycles. The monoisotopic (exact) mass is 199 g/mol. The number of nitrogens with two attached hydrogens (primary N) is 1. The zero-order chi connectivity index (χ0) is 10.4. The van der Waals surface area contributed by atoms with E-state index in [2.05, 4.69) is 23.9 Å². The maximum atomic E-state index is 5.56. The molecule has 84 valence electrons. The molecule has 1 atom stereocenters. The predicted molar refractivity (Wildman–Crippen MR) is 61.4 cm³/mol. The molecule has 0 spiro atoms. The first-order valence-corrected chi connectivity index (χ1v) is 5.83. The molecule has 0 amide bonds. The summed E-state index contributed by atoms with van der Waals surface area (Å²) in [6.45, 7) is 4.49. The van der Waals surface area contributed by atoms with Gasteiger partial charge in [0, 0.05) is 12.6 Å². The first kappa shape index (κ1) is 12.0. The average molecular weight is 199 g/mol. The van der Waals surface area contributed by atoms with E-state index < -0.39 is 0 Å². The summed E-state index contributed by atoms with van der Waals surface area (Å²) in [4.78, 5) is 4.92. The van der Waals surface area contributed by atoms with Crippen molar-refractivity contribution in [3.05, 3.63) is 0 Å². The lowest BCUT2D eigenvalue weighted by atomic mass is 10.0. The third kappa shape index (κ3) is 3.95. The maximum absolute atomic E-state index is 5.56. The minimum Gasteiger partial charge on any atom is -0.330 e. The first-order chi connectivity index (χ1) is 6.74. The summed E-state index contributed by atoms with van der Waals surface area (Å²) < 4.78 is 0. The van der Waals surface area contributed by atoms with E-state index in [1.807, 2.05) is 0 Å². The Bertz CT molecular complexity index is 147. The number of nitrogens with zero attached hydrogens (tertiary/aromatic N) is 2. The molecule has 0 aromatic rings. The van der Waals surface area contributed by atoms with E-state index in [0.29, 0.717) is 0 Å². The summed E-state index contributed by atoms with van der Waals surface area (Å²) in [5.41, 5.74) is 5.56. The van der Waals surface area contributed by atoms with Gasteiger partial charge in [-0.1, -0.05) is 6.42 Å². The van der Waals surface area contributed by atoms with Gasteiger partial charge >= 0.3 is 0 Å². The number of piperidine rings is 1. The van der Waals surface area contributed by atoms with Crippen molar-refractivity contribution in [2.45, 2.75) is 31.7 Å². The van der Waals surface area contributed by atoms with Crippen LogP contribution in [0.2, 0.25) is 0 Å². The Labute approximate surface area is 88.2 Å². The lowest BCUT2D eigenvalue weighted by Gasteiger charge is -2.37. The van der Waals surface area contributed by atoms with Crippen LogP contribution in [0.1, 0.15) is 25.7 Å². The van der Waals surface area contributed by atoms with Gasteiger partial charge in [-0.05, 0) is 53.0 Å². The molecule has 14 heavy (non-hydrogen) atoms. The second kappa shape index (κ2) is 6.38. The number of rotatable bonds is 5. The van der Waals surface area contributed by atoms with E-state index in [9.17, 15) is 0 Å². The van der Waals surface area contributed by atoms with Gasteiger partial charge in [0.1, 0.15) is 0 Å². The Morgan fingerprint density at radius 1 is 1.36 bits per heavy atom. The third-order valence-corrected chi connectivity index (χ3v) is 2.97. The van der Waals surface area contributed by atoms with Gasteiger partial charge < -0.3 is 10.6 Å². The Kier molecular flexibility index (Phi) is 5.45. The molecule has 0 aromatic carbocycles. The van der Waals surface area contributed by atoms with Gasteiger partial charge in [-0.2, -0.15) is 0 Å². The maximum Gasteiger partial charge on any atom is 0.0222 e. The van der Waals surface area contributed by atoms with Crippen LogP contribution in [0.4, 0.5) is 0 Å². The smallest absolute Gasteiger partial charge is 0.0222 e. The lowest BCUT2D eigenvalue weighted by Crippen LogP contribution is -2.45. The van der Waals surface area contributed by atoms with Crippen LogP contribution >= 0.6 is 0 Å². The molecule has 3 nitrogen and oxygen atoms in total. The highest BCUT2D eigenvalue weighted by molar-refractivity contribution is 4.78. The Morgan fingerprint density at radius 2 is 2.14 bits per heavy atom. The number of hydrogen-bond acceptors (Lipinski definition) is 3. The highest BCUT2D eigenvalue weighted by atomic mass is 15.2. The van der Waals surface area contributed by atoms with Crippen LogP contribution in [0.5, 0.6) is 0 Å². The fourth-order valence-corrected chi connectivity index (χ4v) is 2.28. The number of hydrogen-bond donors (Lipinski definition) is 1. The van der Waals surface area contributed by atoms with Crippen LogP contribution in [-0.4, -0.2) is 56.1 Å². The summed E-state index contributed by atoms with van der Waals surface area (Å²) in [6.07, 6.45) is 5.28. The Morgan fingerprint density at radius 3 is 2.79 bits per heavy atom. The summed E-state index contributed by atoms with van der Waals surface area (Å²) in [6, 6.07) is 0.769. The molecule has 1 aliphatic heterocycles. The van der Waals surface area contributed by atoms with Crippen LogP contribution in [0, 0.1) is 0 Å². The molecule has 0 radical (unpaired) electrons. The van der Waals surface area contributed by atoms with Crippen LogP contribution in [0.15, 0.2) is 0 Å². The van der Waals surface area contributed by atoms with E-state index in [1.54, 1.807) is 0 Å². The van der Waals surface area contributed by atoms with Crippen molar-refractivity contribution in [3.8, 4) is 0 Å². The van der Waals surface area contributed by atoms with Crippen molar-refractivity contribution < 1.29 is 0 Å². The molecule has 1 fully saturated rings. The molecular weight excluding hydrogens is 174 g/mol. The highest BCUT2D eigenvalue weighted by Crippen LogP contribution is 2.17. The zero-order valence-electron chi connectivity index (χ0n) is 9.71. The molecule has 1 unspecified atom stereocenters. The molecule has 2 N–H and O–H groups in total. The van der Waals surface area contributed by atoms with Gasteiger partial charge in [-0.15, -0.1) is 0 Å². The van der Waals surface area contributed by atoms with Crippen molar-refractivity contribution >= 4 is 0 Å². The zero-order valence-corrected chi connectivity index (χ0v) is 9.71. The molecule has 0 aliphatic carbocycles. The van der Waals surface area contributed by atoms with Gasteiger partial charge in [0.05, 0.1) is 0 Å². The Balaban J connectivity index is 2.33. The quantitative estimate of drug-likeness (QED) is 0.709. The molecule has 1 rings (SSSR count). The van der Waals surface area contributed by atoms with E-state index >= 15 is 0 Å². The van der Waals surface area contributed by atoms with Gasteiger partial charge in [0.25, 0.3) is 0 Å². The molecule has 0 saturated carbocycles. The van der Waals surface area contributed by atoms with Crippen molar-refractivity contribution in [2.24, 2.45) is 5.73 Å². The van der Waals surface area contributed by atoms with Crippen molar-refractivity contribution in [2.75, 3.05) is 40.3 Å². The van der Waals surface area contributed by atoms with Gasteiger partial charge in [-0.3, -0.25) is 4.90 Å². The minimum absolute atomic E-state index is 0.769. The fourth-order valence-electron chi connectivity index (χ4n) is 2.28. The highest BCUT2D eigenvalue weighted by Gasteiger charge is 2.21. The van der Waals surface area contributed by atoms with Crippen LogP contribution < -0.4 is 5.73 Å². The van der Waals surface area contributed by atoms with Crippen LogP contribution in [0.3, 0.4) is 0 Å².